The molecule has 3 rings (SSSR count). The zero-order valence-corrected chi connectivity index (χ0v) is 10.7. The standard InChI is InChI=1S/C12H7N3O4S/c16-9-6-2-1-5(3-7(6)10(17)15-9)14-12-13-4-8(20-12)11(18)19/h1-4H,(H,13,14)(H,18,19)(H,15,16,17). The molecule has 1 aliphatic heterocycles. The molecule has 2 amide bonds. The van der Waals surface area contributed by atoms with Gasteiger partial charge in [-0.15, -0.1) is 0 Å². The highest BCUT2D eigenvalue weighted by atomic mass is 32.1. The summed E-state index contributed by atoms with van der Waals surface area (Å²) in [5.74, 6) is -1.91. The summed E-state index contributed by atoms with van der Waals surface area (Å²) in [7, 11) is 0. The molecule has 1 aromatic heterocycles. The molecular weight excluding hydrogens is 282 g/mol. The summed E-state index contributed by atoms with van der Waals surface area (Å²) < 4.78 is 0. The number of carboxylic acids is 1. The molecule has 1 aliphatic rings. The third-order valence-corrected chi connectivity index (χ3v) is 3.60. The van der Waals surface area contributed by atoms with Crippen LogP contribution in [0.4, 0.5) is 10.8 Å². The van der Waals surface area contributed by atoms with Gasteiger partial charge in [0.15, 0.2) is 5.13 Å². The van der Waals surface area contributed by atoms with Gasteiger partial charge in [-0.2, -0.15) is 0 Å². The lowest BCUT2D eigenvalue weighted by molar-refractivity contribution is 0.0701. The number of carbonyl (C=O) groups is 3. The maximum atomic E-state index is 11.5. The molecule has 20 heavy (non-hydrogen) atoms. The monoisotopic (exact) mass is 289 g/mol. The fraction of sp³-hybridized carbons (Fsp3) is 0. The van der Waals surface area contributed by atoms with Gasteiger partial charge < -0.3 is 10.4 Å². The van der Waals surface area contributed by atoms with Crippen molar-refractivity contribution in [1.82, 2.24) is 10.3 Å². The van der Waals surface area contributed by atoms with Crippen LogP contribution in [0.1, 0.15) is 30.4 Å². The van der Waals surface area contributed by atoms with Crippen molar-refractivity contribution in [2.45, 2.75) is 0 Å². The molecule has 0 bridgehead atoms. The van der Waals surface area contributed by atoms with Gasteiger partial charge in [0.25, 0.3) is 11.8 Å². The predicted molar refractivity (Wildman–Crippen MR) is 70.6 cm³/mol. The van der Waals surface area contributed by atoms with Gasteiger partial charge in [0.05, 0.1) is 17.3 Å². The van der Waals surface area contributed by atoms with Crippen molar-refractivity contribution in [1.29, 1.82) is 0 Å². The largest absolute Gasteiger partial charge is 0.477 e. The van der Waals surface area contributed by atoms with Crippen LogP contribution in [0.25, 0.3) is 0 Å². The van der Waals surface area contributed by atoms with Gasteiger partial charge in [0.1, 0.15) is 4.88 Å². The molecule has 0 fully saturated rings. The van der Waals surface area contributed by atoms with Crippen LogP contribution in [0.5, 0.6) is 0 Å². The Morgan fingerprint density at radius 3 is 2.70 bits per heavy atom. The Morgan fingerprint density at radius 2 is 2.00 bits per heavy atom. The first-order valence-corrected chi connectivity index (χ1v) is 6.32. The molecule has 3 N–H and O–H groups in total. The zero-order chi connectivity index (χ0) is 14.3. The van der Waals surface area contributed by atoms with Crippen LogP contribution in [0.2, 0.25) is 0 Å². The molecule has 0 unspecified atom stereocenters. The summed E-state index contributed by atoms with van der Waals surface area (Å²) in [5, 5.41) is 14.3. The summed E-state index contributed by atoms with van der Waals surface area (Å²) in [4.78, 5) is 37.7. The Hall–Kier alpha value is -2.74. The highest BCUT2D eigenvalue weighted by molar-refractivity contribution is 7.17. The zero-order valence-electron chi connectivity index (χ0n) is 9.84. The van der Waals surface area contributed by atoms with Crippen molar-refractivity contribution in [2.24, 2.45) is 0 Å². The smallest absolute Gasteiger partial charge is 0.347 e. The molecule has 100 valence electrons. The van der Waals surface area contributed by atoms with Crippen molar-refractivity contribution < 1.29 is 19.5 Å². The number of nitrogens with zero attached hydrogens (tertiary/aromatic N) is 1. The number of amides is 2. The SMILES string of the molecule is O=C(O)c1cnc(Nc2ccc3c(c2)C(=O)NC3=O)s1. The van der Waals surface area contributed by atoms with Crippen LogP contribution < -0.4 is 10.6 Å². The van der Waals surface area contributed by atoms with Crippen molar-refractivity contribution in [3.8, 4) is 0 Å². The Kier molecular flexibility index (Phi) is 2.72. The van der Waals surface area contributed by atoms with E-state index in [4.69, 9.17) is 5.11 Å². The second kappa shape index (κ2) is 4.42. The molecule has 2 aromatic rings. The van der Waals surface area contributed by atoms with E-state index in [-0.39, 0.29) is 10.4 Å². The second-order valence-corrected chi connectivity index (χ2v) is 5.03. The molecule has 0 aliphatic carbocycles. The first-order valence-electron chi connectivity index (χ1n) is 5.50. The minimum Gasteiger partial charge on any atom is -0.477 e. The number of rotatable bonds is 3. The van der Waals surface area contributed by atoms with E-state index in [1.54, 1.807) is 6.07 Å². The number of imide groups is 1. The second-order valence-electron chi connectivity index (χ2n) is 4.00. The number of benzene rings is 1. The summed E-state index contributed by atoms with van der Waals surface area (Å²) in [5.41, 5.74) is 1.17. The van der Waals surface area contributed by atoms with Gasteiger partial charge in [-0.05, 0) is 18.2 Å². The Morgan fingerprint density at radius 1 is 1.25 bits per heavy atom. The summed E-state index contributed by atoms with van der Waals surface area (Å²) in [6, 6.07) is 4.68. The number of fused-ring (bicyclic) bond motifs is 1. The number of hydrogen-bond acceptors (Lipinski definition) is 6. The predicted octanol–water partition coefficient (Wildman–Crippen LogP) is 1.47. The minimum absolute atomic E-state index is 0.113. The molecule has 7 nitrogen and oxygen atoms in total. The third kappa shape index (κ3) is 2.01. The number of nitrogens with one attached hydrogen (secondary N) is 2. The molecule has 0 spiro atoms. The number of aromatic carboxylic acids is 1. The third-order valence-electron chi connectivity index (χ3n) is 2.70. The van der Waals surface area contributed by atoms with Gasteiger partial charge in [0, 0.05) is 5.69 Å². The Balaban J connectivity index is 1.88. The average Bonchev–Trinajstić information content (AvgIpc) is 2.96. The van der Waals surface area contributed by atoms with Crippen LogP contribution in [0.15, 0.2) is 24.4 Å². The molecule has 0 radical (unpaired) electrons. The normalized spacial score (nSPS) is 13.0. The molecular formula is C12H7N3O4S. The molecule has 0 saturated heterocycles. The van der Waals surface area contributed by atoms with Gasteiger partial charge in [-0.1, -0.05) is 11.3 Å². The van der Waals surface area contributed by atoms with E-state index in [1.807, 2.05) is 0 Å². The lowest BCUT2D eigenvalue weighted by Crippen LogP contribution is -2.19. The summed E-state index contributed by atoms with van der Waals surface area (Å²) >= 11 is 0.981. The Bertz CT molecular complexity index is 753. The number of hydrogen-bond donors (Lipinski definition) is 3. The topological polar surface area (TPSA) is 108 Å². The van der Waals surface area contributed by atoms with Gasteiger partial charge in [-0.3, -0.25) is 14.9 Å². The quantitative estimate of drug-likeness (QED) is 0.738. The highest BCUT2D eigenvalue weighted by Gasteiger charge is 2.26. The maximum Gasteiger partial charge on any atom is 0.347 e. The summed E-state index contributed by atoms with van der Waals surface area (Å²) in [6.45, 7) is 0. The fourth-order valence-corrected chi connectivity index (χ4v) is 2.48. The van der Waals surface area contributed by atoms with E-state index in [9.17, 15) is 14.4 Å². The summed E-state index contributed by atoms with van der Waals surface area (Å²) in [6.07, 6.45) is 1.25. The maximum absolute atomic E-state index is 11.5. The van der Waals surface area contributed by atoms with Crippen LogP contribution in [0, 0.1) is 0 Å². The molecule has 0 atom stereocenters. The van der Waals surface area contributed by atoms with Gasteiger partial charge in [0.2, 0.25) is 0 Å². The molecule has 8 heteroatoms. The van der Waals surface area contributed by atoms with Crippen LogP contribution in [-0.4, -0.2) is 27.9 Å². The lowest BCUT2D eigenvalue weighted by Gasteiger charge is -2.03. The Labute approximate surface area is 116 Å². The van der Waals surface area contributed by atoms with Crippen molar-refractivity contribution in [3.05, 3.63) is 40.4 Å². The lowest BCUT2D eigenvalue weighted by atomic mass is 10.1. The fourth-order valence-electron chi connectivity index (χ4n) is 1.80. The number of carboxylic acid groups (broad SMARTS) is 1. The van der Waals surface area contributed by atoms with E-state index >= 15 is 0 Å². The number of anilines is 2. The van der Waals surface area contributed by atoms with E-state index < -0.39 is 17.8 Å². The first-order chi connectivity index (χ1) is 9.54. The van der Waals surface area contributed by atoms with Crippen molar-refractivity contribution in [2.75, 3.05) is 5.32 Å². The number of thiazole rings is 1. The van der Waals surface area contributed by atoms with Crippen molar-refractivity contribution >= 4 is 39.9 Å². The minimum atomic E-state index is -1.05. The van der Waals surface area contributed by atoms with E-state index in [0.29, 0.717) is 16.4 Å². The van der Waals surface area contributed by atoms with Crippen LogP contribution in [0.3, 0.4) is 0 Å². The molecule has 0 saturated carbocycles. The van der Waals surface area contributed by atoms with Crippen LogP contribution in [-0.2, 0) is 0 Å². The van der Waals surface area contributed by atoms with Crippen LogP contribution >= 0.6 is 11.3 Å². The molecule has 2 heterocycles. The van der Waals surface area contributed by atoms with Gasteiger partial charge in [-0.25, -0.2) is 9.78 Å². The van der Waals surface area contributed by atoms with Crippen molar-refractivity contribution in [3.63, 3.8) is 0 Å². The van der Waals surface area contributed by atoms with E-state index in [0.717, 1.165) is 11.3 Å². The number of aromatic nitrogens is 1. The first kappa shape index (κ1) is 12.3. The molecule has 1 aromatic carbocycles. The van der Waals surface area contributed by atoms with E-state index in [1.165, 1.54) is 18.3 Å². The number of carbonyl (C=O) groups excluding carboxylic acids is 2. The highest BCUT2D eigenvalue weighted by Crippen LogP contribution is 2.25. The van der Waals surface area contributed by atoms with E-state index in [2.05, 4.69) is 15.6 Å². The van der Waals surface area contributed by atoms with Gasteiger partial charge >= 0.3 is 5.97 Å². The average molecular weight is 289 g/mol.